The lowest BCUT2D eigenvalue weighted by atomic mass is 10.1. The van der Waals surface area contributed by atoms with Gasteiger partial charge in [-0.3, -0.25) is 9.78 Å². The van der Waals surface area contributed by atoms with Crippen LogP contribution in [0.3, 0.4) is 0 Å². The first-order valence-corrected chi connectivity index (χ1v) is 7.94. The summed E-state index contributed by atoms with van der Waals surface area (Å²) in [7, 11) is 0. The number of amides is 1. The van der Waals surface area contributed by atoms with Crippen molar-refractivity contribution in [3.63, 3.8) is 0 Å². The molecule has 3 rings (SSSR count). The average molecular weight is 348 g/mol. The predicted octanol–water partition coefficient (Wildman–Crippen LogP) is 2.73. The summed E-state index contributed by atoms with van der Waals surface area (Å²) in [5.74, 6) is 0.509. The molecule has 110 valence electrons. The molecule has 4 nitrogen and oxygen atoms in total. The van der Waals surface area contributed by atoms with Crippen LogP contribution >= 0.6 is 15.9 Å². The van der Waals surface area contributed by atoms with Crippen LogP contribution in [0.1, 0.15) is 22.5 Å². The normalized spacial score (nSPS) is 18.4. The number of hydrogen-bond donors (Lipinski definition) is 1. The zero-order valence-electron chi connectivity index (χ0n) is 12.0. The number of pyridine rings is 1. The lowest BCUT2D eigenvalue weighted by Crippen LogP contribution is -2.30. The lowest BCUT2D eigenvalue weighted by Gasteiger charge is -2.18. The maximum absolute atomic E-state index is 12.8. The molecule has 0 spiro atoms. The third-order valence-electron chi connectivity index (χ3n) is 4.04. The highest BCUT2D eigenvalue weighted by Gasteiger charge is 2.27. The van der Waals surface area contributed by atoms with Crippen LogP contribution in [0.15, 0.2) is 28.7 Å². The number of fused-ring (bicyclic) bond motifs is 1. The van der Waals surface area contributed by atoms with E-state index in [1.807, 2.05) is 36.1 Å². The number of carbonyl (C=O) groups is 1. The smallest absolute Gasteiger partial charge is 0.254 e. The van der Waals surface area contributed by atoms with Gasteiger partial charge in [-0.15, -0.1) is 0 Å². The molecule has 1 aromatic heterocycles. The standard InChI is InChI=1S/C16H18BrN3O/c1-10-6-14(13-7-12(17)2-3-15(13)19-10)16(21)20-5-4-11(8-18)9-20/h2-3,6-7,11H,4-5,8-9,18H2,1H3. The summed E-state index contributed by atoms with van der Waals surface area (Å²) in [6, 6.07) is 7.73. The molecule has 1 fully saturated rings. The molecule has 2 N–H and O–H groups in total. The second kappa shape index (κ2) is 5.73. The van der Waals surface area contributed by atoms with Crippen molar-refractivity contribution in [2.45, 2.75) is 13.3 Å². The van der Waals surface area contributed by atoms with Crippen LogP contribution in [-0.4, -0.2) is 35.4 Å². The van der Waals surface area contributed by atoms with E-state index in [0.717, 1.165) is 46.1 Å². The Hall–Kier alpha value is -1.46. The molecule has 0 radical (unpaired) electrons. The molecule has 2 aromatic rings. The van der Waals surface area contributed by atoms with Crippen LogP contribution in [0.5, 0.6) is 0 Å². The number of rotatable bonds is 2. The number of hydrogen-bond acceptors (Lipinski definition) is 3. The van der Waals surface area contributed by atoms with Crippen molar-refractivity contribution >= 4 is 32.7 Å². The summed E-state index contributed by atoms with van der Waals surface area (Å²) < 4.78 is 0.955. The fourth-order valence-corrected chi connectivity index (χ4v) is 3.25. The number of likely N-dealkylation sites (tertiary alicyclic amines) is 1. The van der Waals surface area contributed by atoms with Crippen LogP contribution < -0.4 is 5.73 Å². The van der Waals surface area contributed by atoms with E-state index in [1.54, 1.807) is 0 Å². The van der Waals surface area contributed by atoms with Gasteiger partial charge < -0.3 is 10.6 Å². The number of aromatic nitrogens is 1. The minimum Gasteiger partial charge on any atom is -0.338 e. The third kappa shape index (κ3) is 2.80. The van der Waals surface area contributed by atoms with Gasteiger partial charge in [0.25, 0.3) is 5.91 Å². The highest BCUT2D eigenvalue weighted by atomic mass is 79.9. The van der Waals surface area contributed by atoms with E-state index >= 15 is 0 Å². The van der Waals surface area contributed by atoms with E-state index < -0.39 is 0 Å². The summed E-state index contributed by atoms with van der Waals surface area (Å²) in [4.78, 5) is 19.2. The second-order valence-corrected chi connectivity index (χ2v) is 6.53. The van der Waals surface area contributed by atoms with Crippen molar-refractivity contribution < 1.29 is 4.79 Å². The number of nitrogens with zero attached hydrogens (tertiary/aromatic N) is 2. The molecule has 1 saturated heterocycles. The average Bonchev–Trinajstić information content (AvgIpc) is 2.95. The Bertz CT molecular complexity index is 701. The molecule has 0 bridgehead atoms. The molecule has 2 heterocycles. The summed E-state index contributed by atoms with van der Waals surface area (Å²) >= 11 is 3.47. The van der Waals surface area contributed by atoms with Gasteiger partial charge in [0.1, 0.15) is 0 Å². The Kier molecular flexibility index (Phi) is 3.95. The minimum absolute atomic E-state index is 0.0829. The predicted molar refractivity (Wildman–Crippen MR) is 87.2 cm³/mol. The maximum atomic E-state index is 12.8. The molecular weight excluding hydrogens is 330 g/mol. The zero-order valence-corrected chi connectivity index (χ0v) is 13.6. The van der Waals surface area contributed by atoms with E-state index in [2.05, 4.69) is 20.9 Å². The molecule has 5 heteroatoms. The van der Waals surface area contributed by atoms with Crippen LogP contribution in [0.4, 0.5) is 0 Å². The molecule has 1 aromatic carbocycles. The molecule has 1 atom stereocenters. The molecule has 0 saturated carbocycles. The quantitative estimate of drug-likeness (QED) is 0.908. The monoisotopic (exact) mass is 347 g/mol. The number of halogens is 1. The Morgan fingerprint density at radius 1 is 1.48 bits per heavy atom. The minimum atomic E-state index is 0.0829. The van der Waals surface area contributed by atoms with Gasteiger partial charge in [-0.2, -0.15) is 0 Å². The topological polar surface area (TPSA) is 59.2 Å². The third-order valence-corrected chi connectivity index (χ3v) is 4.53. The van der Waals surface area contributed by atoms with Crippen LogP contribution in [0.2, 0.25) is 0 Å². The van der Waals surface area contributed by atoms with E-state index in [0.29, 0.717) is 12.5 Å². The highest BCUT2D eigenvalue weighted by molar-refractivity contribution is 9.10. The van der Waals surface area contributed by atoms with E-state index in [1.165, 1.54) is 0 Å². The fourth-order valence-electron chi connectivity index (χ4n) is 2.89. The van der Waals surface area contributed by atoms with E-state index in [-0.39, 0.29) is 5.91 Å². The van der Waals surface area contributed by atoms with Crippen molar-refractivity contribution in [3.05, 3.63) is 40.0 Å². The molecule has 1 aliphatic rings. The Morgan fingerprint density at radius 2 is 2.29 bits per heavy atom. The van der Waals surface area contributed by atoms with Crippen molar-refractivity contribution in [1.29, 1.82) is 0 Å². The first-order valence-electron chi connectivity index (χ1n) is 7.14. The number of aryl methyl sites for hydroxylation is 1. The summed E-state index contributed by atoms with van der Waals surface area (Å²) in [6.07, 6.45) is 0.994. The van der Waals surface area contributed by atoms with Gasteiger partial charge in [-0.1, -0.05) is 15.9 Å². The van der Waals surface area contributed by atoms with Gasteiger partial charge >= 0.3 is 0 Å². The summed E-state index contributed by atoms with van der Waals surface area (Å²) in [6.45, 7) is 4.11. The van der Waals surface area contributed by atoms with Crippen molar-refractivity contribution in [2.24, 2.45) is 11.7 Å². The van der Waals surface area contributed by atoms with Gasteiger partial charge in [0.05, 0.1) is 11.1 Å². The molecule has 1 aliphatic heterocycles. The molecule has 1 unspecified atom stereocenters. The maximum Gasteiger partial charge on any atom is 0.254 e. The largest absolute Gasteiger partial charge is 0.338 e. The van der Waals surface area contributed by atoms with Crippen molar-refractivity contribution in [3.8, 4) is 0 Å². The van der Waals surface area contributed by atoms with Crippen molar-refractivity contribution in [1.82, 2.24) is 9.88 Å². The van der Waals surface area contributed by atoms with E-state index in [9.17, 15) is 4.79 Å². The highest BCUT2D eigenvalue weighted by Crippen LogP contribution is 2.26. The van der Waals surface area contributed by atoms with Gasteiger partial charge in [-0.05, 0) is 50.1 Å². The van der Waals surface area contributed by atoms with Gasteiger partial charge in [0, 0.05) is 28.6 Å². The number of carbonyl (C=O) groups excluding carboxylic acids is 1. The van der Waals surface area contributed by atoms with Gasteiger partial charge in [-0.25, -0.2) is 0 Å². The first-order chi connectivity index (χ1) is 10.1. The van der Waals surface area contributed by atoms with Gasteiger partial charge in [0.15, 0.2) is 0 Å². The molecular formula is C16H18BrN3O. The Labute approximate surface area is 132 Å². The molecule has 1 amide bonds. The Morgan fingerprint density at radius 3 is 3.00 bits per heavy atom. The number of nitrogens with two attached hydrogens (primary N) is 1. The summed E-state index contributed by atoms with van der Waals surface area (Å²) in [5.41, 5.74) is 8.17. The SMILES string of the molecule is Cc1cc(C(=O)N2CCC(CN)C2)c2cc(Br)ccc2n1. The molecule has 0 aliphatic carbocycles. The van der Waals surface area contributed by atoms with Crippen LogP contribution in [-0.2, 0) is 0 Å². The van der Waals surface area contributed by atoms with E-state index in [4.69, 9.17) is 5.73 Å². The number of benzene rings is 1. The van der Waals surface area contributed by atoms with Gasteiger partial charge in [0.2, 0.25) is 0 Å². The zero-order chi connectivity index (χ0) is 15.0. The van der Waals surface area contributed by atoms with Crippen molar-refractivity contribution in [2.75, 3.05) is 19.6 Å². The van der Waals surface area contributed by atoms with Crippen LogP contribution in [0, 0.1) is 12.8 Å². The van der Waals surface area contributed by atoms with Crippen LogP contribution in [0.25, 0.3) is 10.9 Å². The second-order valence-electron chi connectivity index (χ2n) is 5.61. The fraction of sp³-hybridized carbons (Fsp3) is 0.375. The summed E-state index contributed by atoms with van der Waals surface area (Å²) in [5, 5.41) is 0.899. The molecule has 21 heavy (non-hydrogen) atoms. The lowest BCUT2D eigenvalue weighted by molar-refractivity contribution is 0.0789. The first kappa shape index (κ1) is 14.5. The Balaban J connectivity index is 2.03.